The molecule has 4 aromatic rings. The van der Waals surface area contributed by atoms with Crippen LogP contribution in [0.4, 0.5) is 43.9 Å². The molecule has 2 fully saturated rings. The van der Waals surface area contributed by atoms with Crippen molar-refractivity contribution in [1.82, 2.24) is 30.2 Å². The van der Waals surface area contributed by atoms with Crippen LogP contribution in [0.2, 0.25) is 0 Å². The van der Waals surface area contributed by atoms with Gasteiger partial charge in [0.2, 0.25) is 0 Å². The maximum absolute atomic E-state index is 14.0. The lowest BCUT2D eigenvalue weighted by Gasteiger charge is -2.40. The van der Waals surface area contributed by atoms with E-state index in [0.717, 1.165) is 12.4 Å². The summed E-state index contributed by atoms with van der Waals surface area (Å²) < 4.78 is 195. The standard InChI is InChI=1S/C27H34F5N3O5S.C24H28F5N3O4S/c1-24(2,3)40-23(36)25(11-13-35(14-12-25)15-16-39-4)41(37,38)21-7-5-19(6-8-21)22-18-33-20(17-34-22)9-10-26(28,29)27(30,31)32;1-21(2,3)36-20(33)22(10-12-30-13-11-22)37(34,35)18-6-4-16(5-7-18)19-15-31-17(14-32-19)8-9-23(25,26)24(27,28)29/h5-8,17-18H,9-16H2,1-4H3;4-7,14-15,30H,8-13H2,1-3H3. The zero-order chi connectivity index (χ0) is 58.4. The average molecular weight is 1160 g/mol. The molecule has 432 valence electrons. The molecule has 2 aromatic heterocycles. The number of aromatic nitrogens is 4. The highest BCUT2D eigenvalue weighted by molar-refractivity contribution is 7.94. The number of hydrogen-bond donors (Lipinski definition) is 1. The number of aryl methyl sites for hydroxylation is 2. The molecule has 2 aliphatic heterocycles. The van der Waals surface area contributed by atoms with Gasteiger partial charge in [-0.1, -0.05) is 24.3 Å². The minimum Gasteiger partial charge on any atom is -0.459 e. The van der Waals surface area contributed by atoms with E-state index in [1.165, 1.54) is 60.9 Å². The number of alkyl halides is 10. The molecule has 2 aliphatic rings. The van der Waals surface area contributed by atoms with Gasteiger partial charge in [0.1, 0.15) is 11.2 Å². The Morgan fingerprint density at radius 2 is 0.923 bits per heavy atom. The summed E-state index contributed by atoms with van der Waals surface area (Å²) in [7, 11) is -6.79. The lowest BCUT2D eigenvalue weighted by atomic mass is 9.95. The van der Waals surface area contributed by atoms with Gasteiger partial charge in [-0.3, -0.25) is 29.5 Å². The van der Waals surface area contributed by atoms with Crippen molar-refractivity contribution in [2.24, 2.45) is 0 Å². The van der Waals surface area contributed by atoms with E-state index in [9.17, 15) is 70.3 Å². The van der Waals surface area contributed by atoms with Crippen molar-refractivity contribution in [2.45, 2.75) is 148 Å². The largest absolute Gasteiger partial charge is 0.459 e. The van der Waals surface area contributed by atoms with E-state index in [1.807, 2.05) is 4.90 Å². The van der Waals surface area contributed by atoms with Gasteiger partial charge in [-0.05, 0) is 117 Å². The van der Waals surface area contributed by atoms with Crippen molar-refractivity contribution in [2.75, 3.05) is 46.4 Å². The molecule has 2 saturated heterocycles. The second kappa shape index (κ2) is 24.1. The van der Waals surface area contributed by atoms with Gasteiger partial charge in [-0.2, -0.15) is 43.9 Å². The molecule has 6 rings (SSSR count). The molecule has 0 aliphatic carbocycles. The van der Waals surface area contributed by atoms with Crippen molar-refractivity contribution < 1.29 is 84.5 Å². The summed E-state index contributed by atoms with van der Waals surface area (Å²) in [4.78, 5) is 44.3. The Labute approximate surface area is 446 Å². The van der Waals surface area contributed by atoms with E-state index in [4.69, 9.17) is 14.2 Å². The number of nitrogens with one attached hydrogen (secondary N) is 1. The Morgan fingerprint density at radius 1 is 0.564 bits per heavy atom. The summed E-state index contributed by atoms with van der Waals surface area (Å²) in [6.07, 6.45) is -10.7. The third-order valence-corrected chi connectivity index (χ3v) is 17.8. The van der Waals surface area contributed by atoms with Gasteiger partial charge < -0.3 is 24.4 Å². The lowest BCUT2D eigenvalue weighted by molar-refractivity contribution is -0.284. The summed E-state index contributed by atoms with van der Waals surface area (Å²) >= 11 is 0. The minimum atomic E-state index is -5.65. The number of carbonyl (C=O) groups is 2. The van der Waals surface area contributed by atoms with E-state index in [2.05, 4.69) is 25.3 Å². The monoisotopic (exact) mass is 1160 g/mol. The van der Waals surface area contributed by atoms with E-state index >= 15 is 0 Å². The number of sulfone groups is 2. The van der Waals surface area contributed by atoms with Crippen LogP contribution in [0.1, 0.15) is 91.5 Å². The van der Waals surface area contributed by atoms with Gasteiger partial charge >= 0.3 is 36.1 Å². The van der Waals surface area contributed by atoms with Crippen LogP contribution < -0.4 is 5.32 Å². The maximum Gasteiger partial charge on any atom is 0.453 e. The van der Waals surface area contributed by atoms with Crippen LogP contribution in [0, 0.1) is 0 Å². The summed E-state index contributed by atoms with van der Waals surface area (Å²) in [5, 5.41) is 3.06. The smallest absolute Gasteiger partial charge is 0.453 e. The van der Waals surface area contributed by atoms with Crippen LogP contribution in [0.5, 0.6) is 0 Å². The number of rotatable bonds is 17. The Kier molecular flexibility index (Phi) is 19.6. The molecule has 4 heterocycles. The molecule has 2 aromatic carbocycles. The van der Waals surface area contributed by atoms with Crippen molar-refractivity contribution in [3.63, 3.8) is 0 Å². The Morgan fingerprint density at radius 3 is 1.23 bits per heavy atom. The molecule has 0 amide bonds. The van der Waals surface area contributed by atoms with E-state index in [0.29, 0.717) is 50.5 Å². The number of esters is 2. The average Bonchev–Trinajstić information content (AvgIpc) is 3.41. The molecule has 0 unspecified atom stereocenters. The van der Waals surface area contributed by atoms with Crippen LogP contribution in [0.3, 0.4) is 0 Å². The molecule has 15 nitrogen and oxygen atoms in total. The van der Waals surface area contributed by atoms with Crippen molar-refractivity contribution in [3.05, 3.63) is 84.7 Å². The highest BCUT2D eigenvalue weighted by Crippen LogP contribution is 2.42. The summed E-state index contributed by atoms with van der Waals surface area (Å²) in [5.74, 6) is -11.3. The predicted octanol–water partition coefficient (Wildman–Crippen LogP) is 9.38. The molecule has 0 saturated carbocycles. The van der Waals surface area contributed by atoms with Gasteiger partial charge in [0.05, 0.1) is 51.6 Å². The zero-order valence-electron chi connectivity index (χ0n) is 43.8. The Balaban J connectivity index is 0.000000289. The quantitative estimate of drug-likeness (QED) is 0.0775. The molecule has 78 heavy (non-hydrogen) atoms. The maximum atomic E-state index is 14.0. The van der Waals surface area contributed by atoms with E-state index in [1.54, 1.807) is 48.7 Å². The van der Waals surface area contributed by atoms with Gasteiger partial charge in [-0.15, -0.1) is 0 Å². The normalized spacial score (nSPS) is 16.9. The first-order valence-corrected chi connectivity index (χ1v) is 27.5. The van der Waals surface area contributed by atoms with Crippen LogP contribution in [0.25, 0.3) is 22.5 Å². The van der Waals surface area contributed by atoms with Crippen LogP contribution in [-0.4, -0.2) is 145 Å². The predicted molar refractivity (Wildman–Crippen MR) is 265 cm³/mol. The third kappa shape index (κ3) is 15.1. The van der Waals surface area contributed by atoms with Crippen LogP contribution >= 0.6 is 0 Å². The number of hydrogen-bond acceptors (Lipinski definition) is 15. The highest BCUT2D eigenvalue weighted by Gasteiger charge is 2.58. The van der Waals surface area contributed by atoms with Crippen LogP contribution in [0.15, 0.2) is 83.1 Å². The number of piperidine rings is 2. The first-order chi connectivity index (χ1) is 35.9. The number of methoxy groups -OCH3 is 1. The van der Waals surface area contributed by atoms with E-state index < -0.39 is 102 Å². The molecule has 0 bridgehead atoms. The second-order valence-electron chi connectivity index (χ2n) is 20.8. The van der Waals surface area contributed by atoms with Gasteiger partial charge in [0.15, 0.2) is 29.2 Å². The number of benzene rings is 2. The number of likely N-dealkylation sites (tertiary alicyclic amines) is 1. The highest BCUT2D eigenvalue weighted by atomic mass is 32.2. The summed E-state index contributed by atoms with van der Waals surface area (Å²) in [6, 6.07) is 11.2. The molecule has 0 radical (unpaired) electrons. The van der Waals surface area contributed by atoms with E-state index in [-0.39, 0.29) is 58.2 Å². The topological polar surface area (TPSA) is 197 Å². The molecule has 27 heteroatoms. The molecule has 0 atom stereocenters. The Bertz CT molecular complexity index is 2890. The lowest BCUT2D eigenvalue weighted by Crippen LogP contribution is -2.56. The number of halogens is 10. The Hall–Kier alpha value is -5.38. The van der Waals surface area contributed by atoms with Crippen molar-refractivity contribution in [3.8, 4) is 22.5 Å². The molecular formula is C51H62F10N6O9S2. The first-order valence-electron chi connectivity index (χ1n) is 24.5. The van der Waals surface area contributed by atoms with Crippen molar-refractivity contribution >= 4 is 31.6 Å². The van der Waals surface area contributed by atoms with Gasteiger partial charge in [0.25, 0.3) is 0 Å². The molecule has 0 spiro atoms. The second-order valence-corrected chi connectivity index (χ2v) is 25.3. The van der Waals surface area contributed by atoms with Crippen molar-refractivity contribution in [1.29, 1.82) is 0 Å². The fourth-order valence-electron chi connectivity index (χ4n) is 8.28. The van der Waals surface area contributed by atoms with Gasteiger partial charge in [-0.25, -0.2) is 16.8 Å². The first kappa shape index (κ1) is 63.5. The summed E-state index contributed by atoms with van der Waals surface area (Å²) in [5.41, 5.74) is -0.469. The van der Waals surface area contributed by atoms with Gasteiger partial charge in [0, 0.05) is 63.1 Å². The van der Waals surface area contributed by atoms with Crippen LogP contribution in [-0.2, 0) is 56.3 Å². The SMILES string of the molecule is CC(C)(C)OC(=O)C1(S(=O)(=O)c2ccc(-c3cnc(CCC(F)(F)C(F)(F)F)cn3)cc2)CCNCC1.COCCN1CCC(C(=O)OC(C)(C)C)(S(=O)(=O)c2ccc(-c3cnc(CCC(F)(F)C(F)(F)F)cn3)cc2)CC1. The molecular weight excluding hydrogens is 1090 g/mol. The number of ether oxygens (including phenoxy) is 3. The minimum absolute atomic E-state index is 0.0377. The third-order valence-electron chi connectivity index (χ3n) is 12.8. The number of carbonyl (C=O) groups excluding carboxylic acids is 2. The fourth-order valence-corrected chi connectivity index (χ4v) is 12.2. The summed E-state index contributed by atoms with van der Waals surface area (Å²) in [6.45, 7) is 12.4. The zero-order valence-corrected chi connectivity index (χ0v) is 45.5. The fraction of sp³-hybridized carbons (Fsp3) is 0.569. The molecule has 1 N–H and O–H groups in total. The number of nitrogens with zero attached hydrogens (tertiary/aromatic N) is 5.